The topological polar surface area (TPSA) is 60.7 Å². The Labute approximate surface area is 134 Å². The van der Waals surface area contributed by atoms with Gasteiger partial charge in [0.05, 0.1) is 18.3 Å². The molecule has 0 spiro atoms. The Hall–Kier alpha value is -0.120. The molecule has 4 saturated carbocycles. The van der Waals surface area contributed by atoms with Crippen LogP contribution in [0.2, 0.25) is 0 Å². The average molecular weight is 308 g/mol. The van der Waals surface area contributed by atoms with Crippen molar-refractivity contribution >= 4 is 0 Å². The highest BCUT2D eigenvalue weighted by Crippen LogP contribution is 2.66. The van der Waals surface area contributed by atoms with E-state index in [0.29, 0.717) is 23.2 Å². The van der Waals surface area contributed by atoms with Crippen molar-refractivity contribution in [2.75, 3.05) is 0 Å². The van der Waals surface area contributed by atoms with Gasteiger partial charge in [-0.2, -0.15) is 0 Å². The summed E-state index contributed by atoms with van der Waals surface area (Å²) in [6, 6.07) is 0. The molecule has 0 aromatic rings. The minimum Gasteiger partial charge on any atom is -0.393 e. The predicted molar refractivity (Wildman–Crippen MR) is 85.1 cm³/mol. The molecule has 0 aliphatic heterocycles. The van der Waals surface area contributed by atoms with Gasteiger partial charge in [-0.3, -0.25) is 0 Å². The first-order valence-corrected chi connectivity index (χ1v) is 9.40. The van der Waals surface area contributed by atoms with Crippen molar-refractivity contribution in [3.63, 3.8) is 0 Å². The third-order valence-electron chi connectivity index (χ3n) is 8.61. The van der Waals surface area contributed by atoms with Gasteiger partial charge in [-0.05, 0) is 85.9 Å². The van der Waals surface area contributed by atoms with Crippen LogP contribution in [0.5, 0.6) is 0 Å². The summed E-state index contributed by atoms with van der Waals surface area (Å²) in [6.45, 7) is 4.69. The maximum Gasteiger partial charge on any atom is 0.0855 e. The van der Waals surface area contributed by atoms with Crippen LogP contribution in [0, 0.1) is 34.5 Å². The van der Waals surface area contributed by atoms with Crippen LogP contribution >= 0.6 is 0 Å². The molecule has 0 aromatic heterocycles. The minimum absolute atomic E-state index is 0.0715. The Bertz CT molecular complexity index is 452. The largest absolute Gasteiger partial charge is 0.393 e. The van der Waals surface area contributed by atoms with Crippen LogP contribution in [0.4, 0.5) is 0 Å². The lowest BCUT2D eigenvalue weighted by molar-refractivity contribution is -0.135. The van der Waals surface area contributed by atoms with E-state index in [9.17, 15) is 15.3 Å². The van der Waals surface area contributed by atoms with Gasteiger partial charge in [0.25, 0.3) is 0 Å². The number of hydrogen-bond acceptors (Lipinski definition) is 3. The number of fused-ring (bicyclic) bond motifs is 5. The lowest BCUT2D eigenvalue weighted by Gasteiger charge is -2.60. The second kappa shape index (κ2) is 4.94. The fraction of sp³-hybridized carbons (Fsp3) is 1.00. The summed E-state index contributed by atoms with van der Waals surface area (Å²) in [5.74, 6) is 2.57. The third-order valence-corrected chi connectivity index (χ3v) is 8.61. The maximum absolute atomic E-state index is 10.5. The summed E-state index contributed by atoms with van der Waals surface area (Å²) >= 11 is 0. The van der Waals surface area contributed by atoms with Gasteiger partial charge in [0.1, 0.15) is 0 Å². The molecular weight excluding hydrogens is 276 g/mol. The van der Waals surface area contributed by atoms with Gasteiger partial charge >= 0.3 is 0 Å². The molecule has 0 bridgehead atoms. The first-order chi connectivity index (χ1) is 10.4. The van der Waals surface area contributed by atoms with E-state index in [0.717, 1.165) is 38.0 Å². The molecule has 22 heavy (non-hydrogen) atoms. The summed E-state index contributed by atoms with van der Waals surface area (Å²) in [7, 11) is 0. The SMILES string of the molecule is C[C@]12CCC3C(CC[C@H]4C[C@H](O)CC[C@]34C)C1C[C@H](O)[C@H]2O. The quantitative estimate of drug-likeness (QED) is 0.645. The van der Waals surface area contributed by atoms with Gasteiger partial charge in [0.15, 0.2) is 0 Å². The van der Waals surface area contributed by atoms with E-state index in [1.165, 1.54) is 19.3 Å². The molecule has 3 heteroatoms. The zero-order chi connectivity index (χ0) is 15.7. The standard InChI is InChI=1S/C19H32O3/c1-18-7-5-12(20)9-11(18)3-4-13-14(18)6-8-19(2)15(13)10-16(21)17(19)22/h11-17,20-22H,3-10H2,1-2H3/t11-,12+,13?,14?,15?,16-,17+,18-,19-/m0/s1. The fourth-order valence-electron chi connectivity index (χ4n) is 7.22. The molecule has 4 rings (SSSR count). The highest BCUT2D eigenvalue weighted by molar-refractivity contribution is 5.11. The van der Waals surface area contributed by atoms with Crippen molar-refractivity contribution in [2.24, 2.45) is 34.5 Å². The second-order valence-corrected chi connectivity index (χ2v) is 9.38. The molecule has 3 N–H and O–H groups in total. The summed E-state index contributed by atoms with van der Waals surface area (Å²) in [6.07, 6.45) is 7.49. The molecule has 4 aliphatic carbocycles. The van der Waals surface area contributed by atoms with E-state index in [1.807, 2.05) is 0 Å². The monoisotopic (exact) mass is 308 g/mol. The zero-order valence-electron chi connectivity index (χ0n) is 14.0. The van der Waals surface area contributed by atoms with Crippen LogP contribution in [0.15, 0.2) is 0 Å². The van der Waals surface area contributed by atoms with Crippen molar-refractivity contribution in [2.45, 2.75) is 83.5 Å². The molecule has 3 nitrogen and oxygen atoms in total. The van der Waals surface area contributed by atoms with E-state index >= 15 is 0 Å². The molecular formula is C19H32O3. The van der Waals surface area contributed by atoms with E-state index in [4.69, 9.17) is 0 Å². The van der Waals surface area contributed by atoms with Gasteiger partial charge in [-0.25, -0.2) is 0 Å². The highest BCUT2D eigenvalue weighted by atomic mass is 16.3. The number of aliphatic hydroxyl groups excluding tert-OH is 3. The Morgan fingerprint density at radius 1 is 0.773 bits per heavy atom. The van der Waals surface area contributed by atoms with Gasteiger partial charge in [0.2, 0.25) is 0 Å². The van der Waals surface area contributed by atoms with E-state index in [1.54, 1.807) is 0 Å². The predicted octanol–water partition coefficient (Wildman–Crippen LogP) is 2.72. The van der Waals surface area contributed by atoms with Crippen LogP contribution in [-0.2, 0) is 0 Å². The van der Waals surface area contributed by atoms with Crippen LogP contribution in [-0.4, -0.2) is 33.6 Å². The van der Waals surface area contributed by atoms with Gasteiger partial charge in [-0.1, -0.05) is 13.8 Å². The minimum atomic E-state index is -0.530. The van der Waals surface area contributed by atoms with Crippen molar-refractivity contribution in [3.8, 4) is 0 Å². The molecule has 4 fully saturated rings. The highest BCUT2D eigenvalue weighted by Gasteiger charge is 2.61. The Balaban J connectivity index is 1.63. The smallest absolute Gasteiger partial charge is 0.0855 e. The summed E-state index contributed by atoms with van der Waals surface area (Å²) in [5, 5.41) is 30.8. The van der Waals surface area contributed by atoms with E-state index < -0.39 is 12.2 Å². The molecule has 0 radical (unpaired) electrons. The Kier molecular flexibility index (Phi) is 3.46. The van der Waals surface area contributed by atoms with Crippen molar-refractivity contribution in [1.82, 2.24) is 0 Å². The molecule has 0 aromatic carbocycles. The fourth-order valence-corrected chi connectivity index (χ4v) is 7.22. The van der Waals surface area contributed by atoms with Crippen molar-refractivity contribution in [3.05, 3.63) is 0 Å². The van der Waals surface area contributed by atoms with E-state index in [2.05, 4.69) is 13.8 Å². The molecule has 3 unspecified atom stereocenters. The molecule has 9 atom stereocenters. The molecule has 0 heterocycles. The first-order valence-electron chi connectivity index (χ1n) is 9.40. The van der Waals surface area contributed by atoms with Gasteiger partial charge < -0.3 is 15.3 Å². The first kappa shape index (κ1) is 15.4. The lowest BCUT2D eigenvalue weighted by Crippen LogP contribution is -2.54. The Morgan fingerprint density at radius 3 is 2.27 bits per heavy atom. The van der Waals surface area contributed by atoms with Crippen LogP contribution < -0.4 is 0 Å². The molecule has 0 saturated heterocycles. The average Bonchev–Trinajstić information content (AvgIpc) is 2.72. The Morgan fingerprint density at radius 2 is 1.50 bits per heavy atom. The third kappa shape index (κ3) is 1.91. The van der Waals surface area contributed by atoms with Crippen molar-refractivity contribution < 1.29 is 15.3 Å². The van der Waals surface area contributed by atoms with Crippen LogP contribution in [0.25, 0.3) is 0 Å². The normalized spacial score (nSPS) is 61.2. The number of hydrogen-bond donors (Lipinski definition) is 3. The van der Waals surface area contributed by atoms with E-state index in [-0.39, 0.29) is 11.5 Å². The number of aliphatic hydroxyl groups is 3. The maximum atomic E-state index is 10.5. The molecule has 4 aliphatic rings. The van der Waals surface area contributed by atoms with Crippen LogP contribution in [0.1, 0.15) is 65.2 Å². The number of rotatable bonds is 0. The summed E-state index contributed by atoms with van der Waals surface area (Å²) < 4.78 is 0. The molecule has 0 amide bonds. The van der Waals surface area contributed by atoms with Crippen molar-refractivity contribution in [1.29, 1.82) is 0 Å². The molecule has 126 valence electrons. The van der Waals surface area contributed by atoms with Gasteiger partial charge in [0, 0.05) is 0 Å². The lowest BCUT2D eigenvalue weighted by atomic mass is 9.45. The van der Waals surface area contributed by atoms with Gasteiger partial charge in [-0.15, -0.1) is 0 Å². The zero-order valence-corrected chi connectivity index (χ0v) is 14.0. The van der Waals surface area contributed by atoms with Crippen LogP contribution in [0.3, 0.4) is 0 Å². The summed E-state index contributed by atoms with van der Waals surface area (Å²) in [5.41, 5.74) is 0.305. The second-order valence-electron chi connectivity index (χ2n) is 9.38. The summed E-state index contributed by atoms with van der Waals surface area (Å²) in [4.78, 5) is 0.